The van der Waals surface area contributed by atoms with Crippen LogP contribution in [0.1, 0.15) is 79.9 Å². The summed E-state index contributed by atoms with van der Waals surface area (Å²) in [6.07, 6.45) is 10.1. The van der Waals surface area contributed by atoms with Gasteiger partial charge in [-0.05, 0) is 116 Å². The molecule has 0 radical (unpaired) electrons. The molecule has 0 aliphatic heterocycles. The lowest BCUT2D eigenvalue weighted by Crippen LogP contribution is -2.25. The Labute approximate surface area is 208 Å². The molecule has 0 heterocycles. The maximum absolute atomic E-state index is 13.1. The van der Waals surface area contributed by atoms with E-state index in [0.29, 0.717) is 17.6 Å². The van der Waals surface area contributed by atoms with Gasteiger partial charge in [0, 0.05) is 0 Å². The van der Waals surface area contributed by atoms with Crippen LogP contribution in [0, 0.1) is 17.7 Å². The lowest BCUT2D eigenvalue weighted by atomic mass is 9.75. The lowest BCUT2D eigenvalue weighted by molar-refractivity contribution is -0.140. The number of carbonyl (C=O) groups excluding carboxylic acids is 1. The van der Waals surface area contributed by atoms with Crippen LogP contribution in [-0.2, 0) is 11.2 Å². The summed E-state index contributed by atoms with van der Waals surface area (Å²) in [7, 11) is 0. The van der Waals surface area contributed by atoms with Crippen molar-refractivity contribution in [2.24, 2.45) is 11.8 Å². The minimum Gasteiger partial charge on any atom is -0.426 e. The first kappa shape index (κ1) is 23.8. The summed E-state index contributed by atoms with van der Waals surface area (Å²) in [5, 5.41) is 0. The highest BCUT2D eigenvalue weighted by molar-refractivity contribution is 5.75. The second kappa shape index (κ2) is 11.2. The Morgan fingerprint density at radius 3 is 1.80 bits per heavy atom. The SMILES string of the molecule is O=C(Oc1ccc(F)cc1)C1CCC(c2ccc(C3CCC(Cc4ccccc4)CC3)cc2)CC1. The number of esters is 1. The third-order valence-electron chi connectivity index (χ3n) is 8.19. The molecule has 2 fully saturated rings. The van der Waals surface area contributed by atoms with E-state index in [1.807, 2.05) is 0 Å². The lowest BCUT2D eigenvalue weighted by Gasteiger charge is -2.30. The molecule has 3 aromatic carbocycles. The van der Waals surface area contributed by atoms with Crippen molar-refractivity contribution in [1.29, 1.82) is 0 Å². The first-order valence-corrected chi connectivity index (χ1v) is 13.2. The highest BCUT2D eigenvalue weighted by Gasteiger charge is 2.29. The van der Waals surface area contributed by atoms with Crippen molar-refractivity contribution >= 4 is 5.97 Å². The van der Waals surface area contributed by atoms with Gasteiger partial charge in [-0.1, -0.05) is 54.6 Å². The number of benzene rings is 3. The zero-order valence-electron chi connectivity index (χ0n) is 20.4. The molecule has 0 N–H and O–H groups in total. The van der Waals surface area contributed by atoms with Gasteiger partial charge in [-0.2, -0.15) is 0 Å². The summed E-state index contributed by atoms with van der Waals surface area (Å²) in [4.78, 5) is 12.5. The van der Waals surface area contributed by atoms with E-state index in [1.54, 1.807) is 0 Å². The molecule has 3 aromatic rings. The molecule has 0 spiro atoms. The first-order valence-electron chi connectivity index (χ1n) is 13.2. The summed E-state index contributed by atoms with van der Waals surface area (Å²) >= 11 is 0. The summed E-state index contributed by atoms with van der Waals surface area (Å²) in [5.74, 6) is 1.86. The third-order valence-corrected chi connectivity index (χ3v) is 8.19. The van der Waals surface area contributed by atoms with Crippen LogP contribution in [0.2, 0.25) is 0 Å². The molecular formula is C32H35FO2. The summed E-state index contributed by atoms with van der Waals surface area (Å²) < 4.78 is 18.5. The molecule has 35 heavy (non-hydrogen) atoms. The monoisotopic (exact) mass is 470 g/mol. The largest absolute Gasteiger partial charge is 0.426 e. The second-order valence-electron chi connectivity index (χ2n) is 10.5. The Hall–Kier alpha value is -2.94. The predicted molar refractivity (Wildman–Crippen MR) is 138 cm³/mol. The Balaban J connectivity index is 1.08. The van der Waals surface area contributed by atoms with E-state index in [2.05, 4.69) is 54.6 Å². The third kappa shape index (κ3) is 6.20. The van der Waals surface area contributed by atoms with E-state index < -0.39 is 0 Å². The molecule has 0 atom stereocenters. The molecule has 2 saturated carbocycles. The van der Waals surface area contributed by atoms with Gasteiger partial charge >= 0.3 is 5.97 Å². The van der Waals surface area contributed by atoms with Crippen LogP contribution in [0.25, 0.3) is 0 Å². The van der Waals surface area contributed by atoms with Crippen molar-refractivity contribution in [2.45, 2.75) is 69.6 Å². The Kier molecular flexibility index (Phi) is 7.61. The zero-order valence-corrected chi connectivity index (χ0v) is 20.4. The molecular weight excluding hydrogens is 435 g/mol. The van der Waals surface area contributed by atoms with Gasteiger partial charge in [0.25, 0.3) is 0 Å². The van der Waals surface area contributed by atoms with Gasteiger partial charge in [-0.3, -0.25) is 4.79 Å². The van der Waals surface area contributed by atoms with E-state index >= 15 is 0 Å². The quantitative estimate of drug-likeness (QED) is 0.268. The molecule has 0 amide bonds. The maximum Gasteiger partial charge on any atom is 0.314 e. The number of rotatable bonds is 6. The Bertz CT molecular complexity index is 1070. The first-order chi connectivity index (χ1) is 17.1. The van der Waals surface area contributed by atoms with Crippen molar-refractivity contribution < 1.29 is 13.9 Å². The van der Waals surface area contributed by atoms with E-state index in [0.717, 1.165) is 31.6 Å². The smallest absolute Gasteiger partial charge is 0.314 e. The van der Waals surface area contributed by atoms with Crippen molar-refractivity contribution in [3.8, 4) is 5.75 Å². The molecule has 182 valence electrons. The van der Waals surface area contributed by atoms with Gasteiger partial charge in [-0.25, -0.2) is 4.39 Å². The molecule has 0 aromatic heterocycles. The summed E-state index contributed by atoms with van der Waals surface area (Å²) in [6.45, 7) is 0. The maximum atomic E-state index is 13.1. The van der Waals surface area contributed by atoms with E-state index in [9.17, 15) is 9.18 Å². The number of hydrogen-bond donors (Lipinski definition) is 0. The fourth-order valence-electron chi connectivity index (χ4n) is 6.05. The average molecular weight is 471 g/mol. The number of carbonyl (C=O) groups is 1. The molecule has 2 aliphatic carbocycles. The Morgan fingerprint density at radius 1 is 0.686 bits per heavy atom. The fourth-order valence-corrected chi connectivity index (χ4v) is 6.05. The zero-order chi connectivity index (χ0) is 24.0. The normalized spacial score (nSPS) is 24.6. The summed E-state index contributed by atoms with van der Waals surface area (Å²) in [6, 6.07) is 25.9. The Morgan fingerprint density at radius 2 is 1.23 bits per heavy atom. The van der Waals surface area contributed by atoms with E-state index in [1.165, 1.54) is 73.1 Å². The van der Waals surface area contributed by atoms with E-state index in [-0.39, 0.29) is 17.7 Å². The van der Waals surface area contributed by atoms with Gasteiger partial charge in [0.15, 0.2) is 0 Å². The number of ether oxygens (including phenoxy) is 1. The molecule has 3 heteroatoms. The number of halogens is 1. The highest BCUT2D eigenvalue weighted by atomic mass is 19.1. The van der Waals surface area contributed by atoms with Gasteiger partial charge in [0.1, 0.15) is 11.6 Å². The highest BCUT2D eigenvalue weighted by Crippen LogP contribution is 2.40. The molecule has 2 nitrogen and oxygen atoms in total. The van der Waals surface area contributed by atoms with Gasteiger partial charge in [-0.15, -0.1) is 0 Å². The van der Waals surface area contributed by atoms with Crippen LogP contribution < -0.4 is 4.74 Å². The van der Waals surface area contributed by atoms with E-state index in [4.69, 9.17) is 4.74 Å². The average Bonchev–Trinajstić information content (AvgIpc) is 2.91. The standard InChI is InChI=1S/C32H35FO2/c33-30-18-20-31(21-19-30)35-32(34)29-16-14-28(15-17-29)27-12-10-26(11-13-27)25-8-6-24(7-9-25)22-23-4-2-1-3-5-23/h1-5,10-13,18-21,24-25,28-29H,6-9,14-17,22H2. The van der Waals surface area contributed by atoms with Crippen LogP contribution in [0.15, 0.2) is 78.9 Å². The molecule has 5 rings (SSSR count). The molecule has 0 bridgehead atoms. The minimum absolute atomic E-state index is 0.0679. The topological polar surface area (TPSA) is 26.3 Å². The summed E-state index contributed by atoms with van der Waals surface area (Å²) in [5.41, 5.74) is 4.36. The van der Waals surface area contributed by atoms with Crippen molar-refractivity contribution in [2.75, 3.05) is 0 Å². The van der Waals surface area contributed by atoms with Crippen LogP contribution in [0.4, 0.5) is 4.39 Å². The van der Waals surface area contributed by atoms with Crippen molar-refractivity contribution in [3.63, 3.8) is 0 Å². The van der Waals surface area contributed by atoms with Crippen LogP contribution in [0.5, 0.6) is 5.75 Å². The molecule has 0 saturated heterocycles. The van der Waals surface area contributed by atoms with Gasteiger partial charge in [0.2, 0.25) is 0 Å². The molecule has 0 unspecified atom stereocenters. The minimum atomic E-state index is -0.327. The van der Waals surface area contributed by atoms with Crippen LogP contribution >= 0.6 is 0 Å². The van der Waals surface area contributed by atoms with Crippen LogP contribution in [0.3, 0.4) is 0 Å². The van der Waals surface area contributed by atoms with Crippen molar-refractivity contribution in [3.05, 3.63) is 101 Å². The second-order valence-corrected chi connectivity index (χ2v) is 10.5. The van der Waals surface area contributed by atoms with Crippen molar-refractivity contribution in [1.82, 2.24) is 0 Å². The molecule has 2 aliphatic rings. The fraction of sp³-hybridized carbons (Fsp3) is 0.406. The van der Waals surface area contributed by atoms with Gasteiger partial charge in [0.05, 0.1) is 5.92 Å². The predicted octanol–water partition coefficient (Wildman–Crippen LogP) is 8.22. The van der Waals surface area contributed by atoms with Gasteiger partial charge < -0.3 is 4.74 Å². The number of hydrogen-bond acceptors (Lipinski definition) is 2. The van der Waals surface area contributed by atoms with Crippen LogP contribution in [-0.4, -0.2) is 5.97 Å².